The first-order valence-corrected chi connectivity index (χ1v) is 20.6. The molecule has 0 fully saturated rings. The lowest BCUT2D eigenvalue weighted by Gasteiger charge is -2.28. The van der Waals surface area contributed by atoms with E-state index in [9.17, 15) is 0 Å². The predicted octanol–water partition coefficient (Wildman–Crippen LogP) is 16.5. The first kappa shape index (κ1) is 34.0. The van der Waals surface area contributed by atoms with E-state index < -0.39 is 0 Å². The summed E-state index contributed by atoms with van der Waals surface area (Å²) in [5, 5.41) is 7.66. The number of hydrogen-bond acceptors (Lipinski definition) is 2. The summed E-state index contributed by atoms with van der Waals surface area (Å²) in [5.41, 5.74) is 13.0. The Balaban J connectivity index is 0.987. The van der Waals surface area contributed by atoms with Crippen molar-refractivity contribution >= 4 is 70.1 Å². The summed E-state index contributed by atoms with van der Waals surface area (Å²) in [6.07, 6.45) is 0. The molecule has 1 heterocycles. The van der Waals surface area contributed by atoms with Gasteiger partial charge < -0.3 is 4.90 Å². The van der Waals surface area contributed by atoms with Crippen molar-refractivity contribution in [3.8, 4) is 44.5 Å². The number of hydrogen-bond donors (Lipinski definition) is 0. The summed E-state index contributed by atoms with van der Waals surface area (Å²) in [6, 6.07) is 82.0. The van der Waals surface area contributed by atoms with Crippen LogP contribution in [0.5, 0.6) is 0 Å². The quantitative estimate of drug-likeness (QED) is 0.157. The van der Waals surface area contributed by atoms with Crippen molar-refractivity contribution in [2.24, 2.45) is 0 Å². The highest BCUT2D eigenvalue weighted by atomic mass is 32.1. The summed E-state index contributed by atoms with van der Waals surface area (Å²) in [6.45, 7) is 0. The van der Waals surface area contributed by atoms with Gasteiger partial charge in [0.25, 0.3) is 0 Å². The van der Waals surface area contributed by atoms with Crippen LogP contribution in [-0.2, 0) is 0 Å². The van der Waals surface area contributed by atoms with Crippen molar-refractivity contribution in [2.45, 2.75) is 0 Å². The molecular formula is C56H37NS. The maximum absolute atomic E-state index is 2.40. The predicted molar refractivity (Wildman–Crippen MR) is 251 cm³/mol. The average Bonchev–Trinajstić information content (AvgIpc) is 3.67. The number of rotatable bonds is 7. The number of nitrogens with zero attached hydrogens (tertiary/aromatic N) is 1. The van der Waals surface area contributed by atoms with E-state index in [1.807, 2.05) is 11.3 Å². The van der Waals surface area contributed by atoms with E-state index in [4.69, 9.17) is 0 Å². The van der Waals surface area contributed by atoms with Gasteiger partial charge >= 0.3 is 0 Å². The van der Waals surface area contributed by atoms with Gasteiger partial charge in [0.15, 0.2) is 0 Å². The normalized spacial score (nSPS) is 11.4. The van der Waals surface area contributed by atoms with E-state index in [0.29, 0.717) is 0 Å². The van der Waals surface area contributed by atoms with Crippen LogP contribution in [0.4, 0.5) is 17.1 Å². The van der Waals surface area contributed by atoms with Gasteiger partial charge in [0.05, 0.1) is 5.69 Å². The Morgan fingerprint density at radius 3 is 1.57 bits per heavy atom. The van der Waals surface area contributed by atoms with E-state index >= 15 is 0 Å². The molecule has 2 heteroatoms. The van der Waals surface area contributed by atoms with Gasteiger partial charge in [-0.1, -0.05) is 176 Å². The molecule has 0 atom stereocenters. The molecule has 0 radical (unpaired) electrons. The zero-order valence-corrected chi connectivity index (χ0v) is 32.5. The lowest BCUT2D eigenvalue weighted by molar-refractivity contribution is 1.28. The van der Waals surface area contributed by atoms with Crippen molar-refractivity contribution < 1.29 is 0 Å². The lowest BCUT2D eigenvalue weighted by Crippen LogP contribution is -2.11. The highest BCUT2D eigenvalue weighted by molar-refractivity contribution is 7.25. The minimum absolute atomic E-state index is 1.10. The number of para-hydroxylation sites is 1. The summed E-state index contributed by atoms with van der Waals surface area (Å²) in [5.74, 6) is 0. The third-order valence-corrected chi connectivity index (χ3v) is 12.6. The van der Waals surface area contributed by atoms with Crippen molar-refractivity contribution in [2.75, 3.05) is 4.90 Å². The molecule has 0 N–H and O–H groups in total. The van der Waals surface area contributed by atoms with Gasteiger partial charge in [-0.2, -0.15) is 0 Å². The summed E-state index contributed by atoms with van der Waals surface area (Å²) in [7, 11) is 0. The third kappa shape index (κ3) is 6.12. The molecule has 0 saturated carbocycles. The van der Waals surface area contributed by atoms with Crippen LogP contribution in [-0.4, -0.2) is 0 Å². The Labute approximate surface area is 342 Å². The second kappa shape index (κ2) is 14.4. The van der Waals surface area contributed by atoms with Gasteiger partial charge in [-0.25, -0.2) is 0 Å². The monoisotopic (exact) mass is 755 g/mol. The van der Waals surface area contributed by atoms with E-state index in [0.717, 1.165) is 17.1 Å². The Morgan fingerprint density at radius 1 is 0.276 bits per heavy atom. The third-order valence-electron chi connectivity index (χ3n) is 11.5. The molecule has 0 bridgehead atoms. The summed E-state index contributed by atoms with van der Waals surface area (Å²) < 4.78 is 2.62. The second-order valence-corrected chi connectivity index (χ2v) is 16.0. The Bertz CT molecular complexity index is 3260. The lowest BCUT2D eigenvalue weighted by atomic mass is 9.96. The second-order valence-electron chi connectivity index (χ2n) is 14.9. The average molecular weight is 756 g/mol. The minimum Gasteiger partial charge on any atom is -0.310 e. The van der Waals surface area contributed by atoms with E-state index in [1.54, 1.807) is 0 Å². The first-order valence-electron chi connectivity index (χ1n) is 19.8. The first-order chi connectivity index (χ1) is 28.7. The molecule has 58 heavy (non-hydrogen) atoms. The van der Waals surface area contributed by atoms with Gasteiger partial charge in [0, 0.05) is 37.1 Å². The number of thiophene rings is 1. The smallest absolute Gasteiger partial charge is 0.0540 e. The molecule has 0 spiro atoms. The fourth-order valence-corrected chi connectivity index (χ4v) is 9.67. The van der Waals surface area contributed by atoms with Crippen LogP contribution in [0.3, 0.4) is 0 Å². The van der Waals surface area contributed by atoms with E-state index in [-0.39, 0.29) is 0 Å². The van der Waals surface area contributed by atoms with Crippen molar-refractivity contribution in [3.05, 3.63) is 224 Å². The van der Waals surface area contributed by atoms with Crippen LogP contribution >= 0.6 is 11.3 Å². The molecule has 11 aromatic rings. The van der Waals surface area contributed by atoms with Crippen LogP contribution in [0.15, 0.2) is 224 Å². The van der Waals surface area contributed by atoms with Gasteiger partial charge in [-0.05, 0) is 109 Å². The molecule has 0 aliphatic carbocycles. The Kier molecular flexibility index (Phi) is 8.42. The molecule has 272 valence electrons. The molecular weight excluding hydrogens is 719 g/mol. The number of fused-ring (bicyclic) bond motifs is 5. The highest BCUT2D eigenvalue weighted by Crippen LogP contribution is 2.44. The number of benzene rings is 10. The molecule has 11 rings (SSSR count). The molecule has 1 nitrogen and oxygen atoms in total. The van der Waals surface area contributed by atoms with E-state index in [1.165, 1.54) is 86.2 Å². The van der Waals surface area contributed by atoms with Crippen LogP contribution in [0.1, 0.15) is 0 Å². The summed E-state index contributed by atoms with van der Waals surface area (Å²) >= 11 is 1.86. The van der Waals surface area contributed by atoms with Crippen molar-refractivity contribution in [3.63, 3.8) is 0 Å². The molecule has 0 saturated heterocycles. The van der Waals surface area contributed by atoms with Crippen molar-refractivity contribution in [1.82, 2.24) is 0 Å². The zero-order chi connectivity index (χ0) is 38.4. The SMILES string of the molecule is c1ccc(N(c2ccc(-c3ccc(-c4cccc5ccccc45)cc3)cc2)c2ccc(-c3ccc4ccccc4c3)cc2)c(-c2ccc3c(c2)sc2ccccc23)c1. The van der Waals surface area contributed by atoms with E-state index in [2.05, 4.69) is 229 Å². The van der Waals surface area contributed by atoms with Gasteiger partial charge in [-0.15, -0.1) is 11.3 Å². The molecule has 0 aliphatic heterocycles. The fourth-order valence-electron chi connectivity index (χ4n) is 8.53. The maximum atomic E-state index is 2.40. The van der Waals surface area contributed by atoms with Crippen LogP contribution in [0.2, 0.25) is 0 Å². The van der Waals surface area contributed by atoms with Crippen molar-refractivity contribution in [1.29, 1.82) is 0 Å². The Hall–Kier alpha value is -7.26. The largest absolute Gasteiger partial charge is 0.310 e. The standard InChI is InChI=1S/C56H37NS/c1-2-12-44-36-45(25-22-38(44)10-1)41-28-33-48(34-29-41)57(54-18-7-5-15-51(54)46-30-35-53-52-16-6-8-19-55(52)58-56(53)37-46)47-31-26-40(27-32-47)39-20-23-43(24-21-39)50-17-9-13-42-11-3-4-14-49(42)50/h1-37H. The van der Waals surface area contributed by atoms with Crippen LogP contribution < -0.4 is 4.90 Å². The topological polar surface area (TPSA) is 3.24 Å². The minimum atomic E-state index is 1.10. The van der Waals surface area contributed by atoms with Gasteiger partial charge in [-0.3, -0.25) is 0 Å². The maximum Gasteiger partial charge on any atom is 0.0540 e. The zero-order valence-electron chi connectivity index (χ0n) is 31.7. The molecule has 0 aliphatic rings. The molecule has 10 aromatic carbocycles. The van der Waals surface area contributed by atoms with Gasteiger partial charge in [0.1, 0.15) is 0 Å². The summed E-state index contributed by atoms with van der Waals surface area (Å²) in [4.78, 5) is 2.40. The number of anilines is 3. The fraction of sp³-hybridized carbons (Fsp3) is 0. The molecule has 0 unspecified atom stereocenters. The molecule has 1 aromatic heterocycles. The highest BCUT2D eigenvalue weighted by Gasteiger charge is 2.18. The van der Waals surface area contributed by atoms with Gasteiger partial charge in [0.2, 0.25) is 0 Å². The Morgan fingerprint density at radius 2 is 0.793 bits per heavy atom. The van der Waals surface area contributed by atoms with Crippen LogP contribution in [0, 0.1) is 0 Å². The molecule has 0 amide bonds. The van der Waals surface area contributed by atoms with Crippen LogP contribution in [0.25, 0.3) is 86.2 Å².